The Morgan fingerprint density at radius 1 is 1.08 bits per heavy atom. The number of benzene rings is 2. The van der Waals surface area contributed by atoms with E-state index in [1.807, 2.05) is 6.07 Å². The van der Waals surface area contributed by atoms with E-state index in [9.17, 15) is 18.4 Å². The lowest BCUT2D eigenvalue weighted by Crippen LogP contribution is -2.37. The van der Waals surface area contributed by atoms with Gasteiger partial charge in [-0.25, -0.2) is 13.6 Å². The summed E-state index contributed by atoms with van der Waals surface area (Å²) < 4.78 is 31.0. The van der Waals surface area contributed by atoms with Gasteiger partial charge in [-0.05, 0) is 47.4 Å². The largest absolute Gasteiger partial charge is 0.465 e. The molecule has 0 atom stereocenters. The molecule has 0 radical (unpaired) electrons. The summed E-state index contributed by atoms with van der Waals surface area (Å²) in [6, 6.07) is 8.79. The first kappa shape index (κ1) is 17.1. The van der Waals surface area contributed by atoms with Gasteiger partial charge in [0.2, 0.25) is 5.91 Å². The minimum atomic E-state index is -0.961. The molecule has 0 N–H and O–H groups in total. The van der Waals surface area contributed by atoms with Crippen molar-refractivity contribution in [1.29, 1.82) is 0 Å². The Morgan fingerprint density at radius 2 is 1.88 bits per heavy atom. The zero-order chi connectivity index (χ0) is 18.0. The molecule has 2 aromatic rings. The zero-order valence-electron chi connectivity index (χ0n) is 13.7. The predicted octanol–water partition coefficient (Wildman–Crippen LogP) is 2.88. The number of nitrogens with zero attached hydrogens (tertiary/aromatic N) is 1. The lowest BCUT2D eigenvalue weighted by atomic mass is 9.97. The topological polar surface area (TPSA) is 46.6 Å². The molecule has 3 rings (SSSR count). The van der Waals surface area contributed by atoms with Crippen LogP contribution in [0.5, 0.6) is 0 Å². The van der Waals surface area contributed by atoms with Crippen molar-refractivity contribution in [3.63, 3.8) is 0 Å². The van der Waals surface area contributed by atoms with Gasteiger partial charge in [0.15, 0.2) is 11.6 Å². The van der Waals surface area contributed by atoms with Crippen LogP contribution in [0.25, 0.3) is 0 Å². The number of hydrogen-bond acceptors (Lipinski definition) is 3. The van der Waals surface area contributed by atoms with Crippen LogP contribution in [-0.4, -0.2) is 30.4 Å². The fraction of sp³-hybridized carbons (Fsp3) is 0.263. The van der Waals surface area contributed by atoms with Crippen molar-refractivity contribution in [3.05, 3.63) is 70.3 Å². The smallest absolute Gasteiger partial charge is 0.337 e. The van der Waals surface area contributed by atoms with Crippen LogP contribution in [0, 0.1) is 11.6 Å². The van der Waals surface area contributed by atoms with Crippen LogP contribution in [0.2, 0.25) is 0 Å². The van der Waals surface area contributed by atoms with Crippen LogP contribution in [0.15, 0.2) is 36.4 Å². The van der Waals surface area contributed by atoms with Crippen LogP contribution in [0.4, 0.5) is 8.78 Å². The molecule has 0 spiro atoms. The van der Waals surface area contributed by atoms with Crippen molar-refractivity contribution in [2.24, 2.45) is 0 Å². The molecule has 25 heavy (non-hydrogen) atoms. The van der Waals surface area contributed by atoms with Crippen LogP contribution in [-0.2, 0) is 28.9 Å². The quantitative estimate of drug-likeness (QED) is 0.804. The van der Waals surface area contributed by atoms with Gasteiger partial charge in [0, 0.05) is 13.1 Å². The Hall–Kier alpha value is -2.76. The third-order valence-electron chi connectivity index (χ3n) is 4.33. The fourth-order valence-corrected chi connectivity index (χ4v) is 2.95. The average molecular weight is 345 g/mol. The summed E-state index contributed by atoms with van der Waals surface area (Å²) in [6.45, 7) is 0.926. The molecule has 0 saturated carbocycles. The highest BCUT2D eigenvalue weighted by Crippen LogP contribution is 2.22. The van der Waals surface area contributed by atoms with Gasteiger partial charge in [0.25, 0.3) is 0 Å². The highest BCUT2D eigenvalue weighted by Gasteiger charge is 2.22. The van der Waals surface area contributed by atoms with Crippen LogP contribution in [0.3, 0.4) is 0 Å². The molecule has 2 aromatic carbocycles. The number of ether oxygens (including phenoxy) is 1. The molecule has 1 aliphatic rings. The van der Waals surface area contributed by atoms with E-state index >= 15 is 0 Å². The highest BCUT2D eigenvalue weighted by atomic mass is 19.2. The van der Waals surface area contributed by atoms with Gasteiger partial charge in [-0.15, -0.1) is 0 Å². The highest BCUT2D eigenvalue weighted by molar-refractivity contribution is 5.89. The summed E-state index contributed by atoms with van der Waals surface area (Å²) in [4.78, 5) is 25.8. The van der Waals surface area contributed by atoms with Crippen molar-refractivity contribution in [1.82, 2.24) is 4.90 Å². The van der Waals surface area contributed by atoms with Crippen molar-refractivity contribution in [2.75, 3.05) is 13.7 Å². The molecule has 1 aliphatic heterocycles. The Kier molecular flexibility index (Phi) is 4.79. The van der Waals surface area contributed by atoms with Gasteiger partial charge in [0.1, 0.15) is 0 Å². The van der Waals surface area contributed by atoms with Crippen LogP contribution >= 0.6 is 0 Å². The number of hydrogen-bond donors (Lipinski definition) is 0. The molecular weight excluding hydrogens is 328 g/mol. The van der Waals surface area contributed by atoms with E-state index in [1.165, 1.54) is 13.2 Å². The van der Waals surface area contributed by atoms with Crippen molar-refractivity contribution in [2.45, 2.75) is 19.4 Å². The third-order valence-corrected chi connectivity index (χ3v) is 4.33. The maximum absolute atomic E-state index is 13.3. The third kappa shape index (κ3) is 3.68. The van der Waals surface area contributed by atoms with Crippen molar-refractivity contribution >= 4 is 11.9 Å². The molecule has 0 bridgehead atoms. The molecule has 0 fully saturated rings. The Labute approximate surface area is 144 Å². The van der Waals surface area contributed by atoms with Gasteiger partial charge in [-0.1, -0.05) is 12.1 Å². The van der Waals surface area contributed by atoms with E-state index in [0.29, 0.717) is 30.6 Å². The molecule has 0 aromatic heterocycles. The maximum Gasteiger partial charge on any atom is 0.337 e. The lowest BCUT2D eigenvalue weighted by Gasteiger charge is -2.29. The predicted molar refractivity (Wildman–Crippen MR) is 87.0 cm³/mol. The molecule has 0 aliphatic carbocycles. The number of rotatable bonds is 3. The lowest BCUT2D eigenvalue weighted by molar-refractivity contribution is -0.131. The number of amides is 1. The first-order valence-electron chi connectivity index (χ1n) is 7.89. The Morgan fingerprint density at radius 3 is 2.60 bits per heavy atom. The first-order chi connectivity index (χ1) is 12.0. The number of esters is 1. The fourth-order valence-electron chi connectivity index (χ4n) is 2.95. The minimum Gasteiger partial charge on any atom is -0.465 e. The molecule has 4 nitrogen and oxygen atoms in total. The van der Waals surface area contributed by atoms with Gasteiger partial charge >= 0.3 is 5.97 Å². The summed E-state index contributed by atoms with van der Waals surface area (Å²) in [5.74, 6) is -2.48. The Bertz CT molecular complexity index is 835. The number of halogens is 2. The number of carbonyl (C=O) groups excluding carboxylic acids is 2. The van der Waals surface area contributed by atoms with E-state index in [0.717, 1.165) is 23.3 Å². The van der Waals surface area contributed by atoms with Gasteiger partial charge < -0.3 is 9.64 Å². The van der Waals surface area contributed by atoms with E-state index < -0.39 is 17.6 Å². The second-order valence-electron chi connectivity index (χ2n) is 5.97. The van der Waals surface area contributed by atoms with Crippen LogP contribution in [0.1, 0.15) is 27.0 Å². The van der Waals surface area contributed by atoms with E-state index in [-0.39, 0.29) is 12.3 Å². The molecule has 1 amide bonds. The average Bonchev–Trinajstić information content (AvgIpc) is 2.63. The molecule has 6 heteroatoms. The first-order valence-corrected chi connectivity index (χ1v) is 7.89. The van der Waals surface area contributed by atoms with Crippen molar-refractivity contribution in [3.8, 4) is 0 Å². The summed E-state index contributed by atoms with van der Waals surface area (Å²) >= 11 is 0. The van der Waals surface area contributed by atoms with Crippen molar-refractivity contribution < 1.29 is 23.1 Å². The maximum atomic E-state index is 13.3. The van der Waals surface area contributed by atoms with Crippen LogP contribution < -0.4 is 0 Å². The summed E-state index contributed by atoms with van der Waals surface area (Å²) in [6.07, 6.45) is 0.684. The zero-order valence-corrected chi connectivity index (χ0v) is 13.7. The summed E-state index contributed by atoms with van der Waals surface area (Å²) in [5, 5.41) is 0. The standard InChI is InChI=1S/C19H17F2NO3/c1-25-19(24)14-4-3-13-6-7-22(11-15(13)10-14)18(23)9-12-2-5-16(20)17(21)8-12/h2-5,8,10H,6-7,9,11H2,1H3. The van der Waals surface area contributed by atoms with E-state index in [1.54, 1.807) is 17.0 Å². The second-order valence-corrected chi connectivity index (χ2v) is 5.97. The number of carbonyl (C=O) groups is 2. The minimum absolute atomic E-state index is 0.00320. The summed E-state index contributed by atoms with van der Waals surface area (Å²) in [5.41, 5.74) is 2.85. The van der Waals surface area contributed by atoms with Gasteiger partial charge in [0.05, 0.1) is 19.1 Å². The summed E-state index contributed by atoms with van der Waals surface area (Å²) in [7, 11) is 1.32. The number of methoxy groups -OCH3 is 1. The second kappa shape index (κ2) is 7.01. The Balaban J connectivity index is 1.73. The van der Waals surface area contributed by atoms with Gasteiger partial charge in [-0.3, -0.25) is 4.79 Å². The SMILES string of the molecule is COC(=O)c1ccc2c(c1)CN(C(=O)Cc1ccc(F)c(F)c1)CC2. The van der Waals surface area contributed by atoms with E-state index in [4.69, 9.17) is 4.74 Å². The molecule has 0 unspecified atom stereocenters. The normalized spacial score (nSPS) is 13.3. The monoisotopic (exact) mass is 345 g/mol. The molecule has 0 saturated heterocycles. The number of fused-ring (bicyclic) bond motifs is 1. The van der Waals surface area contributed by atoms with E-state index in [2.05, 4.69) is 0 Å². The molecular formula is C19H17F2NO3. The molecule has 130 valence electrons. The molecule has 1 heterocycles. The van der Waals surface area contributed by atoms with Gasteiger partial charge in [-0.2, -0.15) is 0 Å².